The zero-order chi connectivity index (χ0) is 14.5. The van der Waals surface area contributed by atoms with Gasteiger partial charge in [-0.3, -0.25) is 4.79 Å². The molecule has 0 aliphatic heterocycles. The summed E-state index contributed by atoms with van der Waals surface area (Å²) in [5, 5.41) is 3.75. The van der Waals surface area contributed by atoms with E-state index in [2.05, 4.69) is 5.32 Å². The van der Waals surface area contributed by atoms with E-state index in [9.17, 15) is 4.79 Å². The van der Waals surface area contributed by atoms with Crippen LogP contribution in [0.1, 0.15) is 12.5 Å². The first-order chi connectivity index (χ1) is 9.58. The van der Waals surface area contributed by atoms with Gasteiger partial charge in [-0.15, -0.1) is 0 Å². The van der Waals surface area contributed by atoms with Gasteiger partial charge in [-0.05, 0) is 24.1 Å². The molecule has 2 rings (SSSR count). The molecule has 1 atom stereocenters. The molecule has 0 fully saturated rings. The van der Waals surface area contributed by atoms with Crippen molar-refractivity contribution in [2.45, 2.75) is 19.5 Å². The van der Waals surface area contributed by atoms with E-state index < -0.39 is 0 Å². The van der Waals surface area contributed by atoms with Crippen LogP contribution in [-0.4, -0.2) is 11.9 Å². The van der Waals surface area contributed by atoms with Gasteiger partial charge in [0.15, 0.2) is 0 Å². The Labute approximate surface area is 123 Å². The summed E-state index contributed by atoms with van der Waals surface area (Å²) in [4.78, 5) is 11.0. The second-order valence-corrected chi connectivity index (χ2v) is 5.09. The second-order valence-electron chi connectivity index (χ2n) is 4.69. The molecule has 20 heavy (non-hydrogen) atoms. The van der Waals surface area contributed by atoms with E-state index in [0.717, 1.165) is 16.7 Å². The summed E-state index contributed by atoms with van der Waals surface area (Å²) in [6.07, 6.45) is 0. The lowest BCUT2D eigenvalue weighted by Gasteiger charge is -2.11. The van der Waals surface area contributed by atoms with E-state index >= 15 is 0 Å². The number of primary amides is 1. The molecule has 0 aliphatic rings. The molecule has 0 radical (unpaired) electrons. The molecular weight excluding hydrogens is 272 g/mol. The van der Waals surface area contributed by atoms with Crippen LogP contribution in [0.4, 0.5) is 0 Å². The molecule has 0 unspecified atom stereocenters. The fraction of sp³-hybridized carbons (Fsp3) is 0.188. The largest absolute Gasteiger partial charge is 0.368 e. The Bertz CT molecular complexity index is 599. The van der Waals surface area contributed by atoms with Gasteiger partial charge in [0.1, 0.15) is 0 Å². The van der Waals surface area contributed by atoms with Crippen LogP contribution in [0.15, 0.2) is 48.5 Å². The molecule has 0 saturated carbocycles. The fourth-order valence-electron chi connectivity index (χ4n) is 1.89. The van der Waals surface area contributed by atoms with Gasteiger partial charge >= 0.3 is 0 Å². The molecule has 0 heterocycles. The molecular formula is C16H17ClN2O. The lowest BCUT2D eigenvalue weighted by molar-refractivity contribution is -0.119. The predicted octanol–water partition coefficient (Wildman–Crippen LogP) is 2.97. The van der Waals surface area contributed by atoms with E-state index in [1.165, 1.54) is 0 Å². The van der Waals surface area contributed by atoms with Crippen molar-refractivity contribution in [3.8, 4) is 11.1 Å². The topological polar surface area (TPSA) is 55.1 Å². The second kappa shape index (κ2) is 6.55. The maximum absolute atomic E-state index is 11.0. The first kappa shape index (κ1) is 14.6. The molecule has 0 bridgehead atoms. The maximum Gasteiger partial charge on any atom is 0.234 e. The Hall–Kier alpha value is -1.84. The predicted molar refractivity (Wildman–Crippen MR) is 82.4 cm³/mol. The van der Waals surface area contributed by atoms with Crippen LogP contribution >= 0.6 is 11.6 Å². The van der Waals surface area contributed by atoms with Crippen molar-refractivity contribution in [3.63, 3.8) is 0 Å². The highest BCUT2D eigenvalue weighted by atomic mass is 35.5. The Kier molecular flexibility index (Phi) is 4.77. The average Bonchev–Trinajstić information content (AvgIpc) is 2.45. The number of nitrogens with two attached hydrogens (primary N) is 1. The molecule has 0 aliphatic carbocycles. The summed E-state index contributed by atoms with van der Waals surface area (Å²) in [6, 6.07) is 15.5. The van der Waals surface area contributed by atoms with Gasteiger partial charge in [-0.2, -0.15) is 0 Å². The molecule has 2 aromatic carbocycles. The minimum Gasteiger partial charge on any atom is -0.368 e. The summed E-state index contributed by atoms with van der Waals surface area (Å²) < 4.78 is 0. The molecule has 0 spiro atoms. The normalized spacial score (nSPS) is 12.1. The highest BCUT2D eigenvalue weighted by Gasteiger charge is 2.08. The Balaban J connectivity index is 2.12. The van der Waals surface area contributed by atoms with Crippen molar-refractivity contribution in [2.24, 2.45) is 5.73 Å². The number of nitrogens with one attached hydrogen (secondary N) is 1. The van der Waals surface area contributed by atoms with E-state index in [1.807, 2.05) is 48.5 Å². The number of carbonyl (C=O) groups excluding carboxylic acids is 1. The minimum absolute atomic E-state index is 0.359. The number of carbonyl (C=O) groups is 1. The highest BCUT2D eigenvalue weighted by Crippen LogP contribution is 2.28. The lowest BCUT2D eigenvalue weighted by atomic mass is 10.0. The standard InChI is InChI=1S/C16H17ClN2O/c1-11(16(18)20)19-10-12-7-8-14(15(17)9-12)13-5-3-2-4-6-13/h2-9,11,19H,10H2,1H3,(H2,18,20)/t11-/m0/s1. The van der Waals surface area contributed by atoms with Crippen LogP contribution in [0, 0.1) is 0 Å². The summed E-state index contributed by atoms with van der Waals surface area (Å²) in [6.45, 7) is 2.29. The fourth-order valence-corrected chi connectivity index (χ4v) is 2.20. The van der Waals surface area contributed by atoms with Crippen molar-refractivity contribution < 1.29 is 4.79 Å². The van der Waals surface area contributed by atoms with Gasteiger partial charge < -0.3 is 11.1 Å². The monoisotopic (exact) mass is 288 g/mol. The average molecular weight is 289 g/mol. The summed E-state index contributed by atoms with van der Waals surface area (Å²) >= 11 is 6.32. The zero-order valence-electron chi connectivity index (χ0n) is 11.3. The molecule has 1 amide bonds. The number of benzene rings is 2. The molecule has 2 aromatic rings. The van der Waals surface area contributed by atoms with E-state index in [0.29, 0.717) is 11.6 Å². The zero-order valence-corrected chi connectivity index (χ0v) is 12.0. The van der Waals surface area contributed by atoms with Gasteiger partial charge in [0.05, 0.1) is 6.04 Å². The van der Waals surface area contributed by atoms with Crippen LogP contribution in [0.5, 0.6) is 0 Å². The van der Waals surface area contributed by atoms with Crippen molar-refractivity contribution in [1.82, 2.24) is 5.32 Å². The number of rotatable bonds is 5. The van der Waals surface area contributed by atoms with Crippen molar-refractivity contribution in [2.75, 3.05) is 0 Å². The van der Waals surface area contributed by atoms with Crippen LogP contribution in [-0.2, 0) is 11.3 Å². The molecule has 3 N–H and O–H groups in total. The molecule has 3 nitrogen and oxygen atoms in total. The summed E-state index contributed by atoms with van der Waals surface area (Å²) in [5.74, 6) is -0.364. The third-order valence-corrected chi connectivity index (χ3v) is 3.47. The third-order valence-electron chi connectivity index (χ3n) is 3.16. The quantitative estimate of drug-likeness (QED) is 0.889. The molecule has 0 aromatic heterocycles. The van der Waals surface area contributed by atoms with Crippen LogP contribution in [0.3, 0.4) is 0 Å². The number of amides is 1. The molecule has 104 valence electrons. The lowest BCUT2D eigenvalue weighted by Crippen LogP contribution is -2.38. The summed E-state index contributed by atoms with van der Waals surface area (Å²) in [5.41, 5.74) is 8.30. The smallest absolute Gasteiger partial charge is 0.234 e. The molecule has 0 saturated heterocycles. The van der Waals surface area contributed by atoms with Crippen LogP contribution in [0.25, 0.3) is 11.1 Å². The maximum atomic E-state index is 11.0. The first-order valence-electron chi connectivity index (χ1n) is 6.44. The van der Waals surface area contributed by atoms with E-state index in [1.54, 1.807) is 6.92 Å². The van der Waals surface area contributed by atoms with Crippen LogP contribution in [0.2, 0.25) is 5.02 Å². The highest BCUT2D eigenvalue weighted by molar-refractivity contribution is 6.33. The van der Waals surface area contributed by atoms with Crippen molar-refractivity contribution in [3.05, 3.63) is 59.1 Å². The minimum atomic E-state index is -0.364. The van der Waals surface area contributed by atoms with E-state index in [4.69, 9.17) is 17.3 Å². The van der Waals surface area contributed by atoms with E-state index in [-0.39, 0.29) is 11.9 Å². The van der Waals surface area contributed by atoms with Gasteiger partial charge in [0.2, 0.25) is 5.91 Å². The number of hydrogen-bond acceptors (Lipinski definition) is 2. The van der Waals surface area contributed by atoms with Gasteiger partial charge in [0, 0.05) is 17.1 Å². The molecule has 4 heteroatoms. The Morgan fingerprint density at radius 1 is 1.25 bits per heavy atom. The van der Waals surface area contributed by atoms with Gasteiger partial charge in [-0.25, -0.2) is 0 Å². The Morgan fingerprint density at radius 2 is 1.95 bits per heavy atom. The number of halogens is 1. The Morgan fingerprint density at radius 3 is 2.55 bits per heavy atom. The van der Waals surface area contributed by atoms with Crippen molar-refractivity contribution in [1.29, 1.82) is 0 Å². The van der Waals surface area contributed by atoms with Gasteiger partial charge in [0.25, 0.3) is 0 Å². The number of hydrogen-bond donors (Lipinski definition) is 2. The third kappa shape index (κ3) is 3.59. The SMILES string of the molecule is C[C@H](NCc1ccc(-c2ccccc2)c(Cl)c1)C(N)=O. The first-order valence-corrected chi connectivity index (χ1v) is 6.82. The summed E-state index contributed by atoms with van der Waals surface area (Å²) in [7, 11) is 0. The van der Waals surface area contributed by atoms with Gasteiger partial charge in [-0.1, -0.05) is 54.1 Å². The van der Waals surface area contributed by atoms with Crippen LogP contribution < -0.4 is 11.1 Å². The van der Waals surface area contributed by atoms with Crippen molar-refractivity contribution >= 4 is 17.5 Å².